The summed E-state index contributed by atoms with van der Waals surface area (Å²) in [6, 6.07) is 11.4. The first-order valence-electron chi connectivity index (χ1n) is 8.94. The van der Waals surface area contributed by atoms with Gasteiger partial charge in [-0.25, -0.2) is 13.6 Å². The number of amides is 2. The number of urea groups is 1. The minimum absolute atomic E-state index is 0.223. The van der Waals surface area contributed by atoms with E-state index in [4.69, 9.17) is 5.26 Å². The number of nitrogens with zero attached hydrogens (tertiary/aromatic N) is 3. The van der Waals surface area contributed by atoms with Gasteiger partial charge in [0.05, 0.1) is 17.7 Å². The van der Waals surface area contributed by atoms with Crippen LogP contribution < -0.4 is 5.32 Å². The van der Waals surface area contributed by atoms with Crippen molar-refractivity contribution in [3.63, 3.8) is 0 Å². The Bertz CT molecular complexity index is 846. The highest BCUT2D eigenvalue weighted by atomic mass is 19.1. The molecule has 0 aromatic heterocycles. The highest BCUT2D eigenvalue weighted by molar-refractivity contribution is 5.74. The van der Waals surface area contributed by atoms with Crippen LogP contribution in [0.15, 0.2) is 42.5 Å². The molecule has 0 saturated heterocycles. The Hall–Kier alpha value is -2.98. The summed E-state index contributed by atoms with van der Waals surface area (Å²) in [5.74, 6) is -1.35. The highest BCUT2D eigenvalue weighted by Crippen LogP contribution is 2.18. The molecule has 1 N–H and O–H groups in total. The van der Waals surface area contributed by atoms with Crippen molar-refractivity contribution in [1.82, 2.24) is 15.1 Å². The number of nitriles is 1. The van der Waals surface area contributed by atoms with Crippen LogP contribution in [-0.4, -0.2) is 43.0 Å². The summed E-state index contributed by atoms with van der Waals surface area (Å²) in [7, 11) is 3.82. The third kappa shape index (κ3) is 6.03. The van der Waals surface area contributed by atoms with Gasteiger partial charge in [0, 0.05) is 31.3 Å². The molecular weight excluding hydrogens is 362 g/mol. The highest BCUT2D eigenvalue weighted by Gasteiger charge is 2.19. The molecule has 1 unspecified atom stereocenters. The van der Waals surface area contributed by atoms with Crippen LogP contribution in [0.2, 0.25) is 0 Å². The second-order valence-electron chi connectivity index (χ2n) is 6.87. The van der Waals surface area contributed by atoms with Gasteiger partial charge in [0.2, 0.25) is 0 Å². The van der Waals surface area contributed by atoms with Crippen LogP contribution >= 0.6 is 0 Å². The Labute approximate surface area is 164 Å². The van der Waals surface area contributed by atoms with Gasteiger partial charge in [-0.1, -0.05) is 18.2 Å². The fraction of sp³-hybridized carbons (Fsp3) is 0.333. The third-order valence-corrected chi connectivity index (χ3v) is 4.33. The Kier molecular flexibility index (Phi) is 7.47. The maximum absolute atomic E-state index is 14.0. The maximum atomic E-state index is 14.0. The second kappa shape index (κ2) is 9.81. The molecule has 0 spiro atoms. The lowest BCUT2D eigenvalue weighted by Gasteiger charge is -2.27. The van der Waals surface area contributed by atoms with Gasteiger partial charge >= 0.3 is 6.03 Å². The normalized spacial score (nSPS) is 11.8. The first kappa shape index (κ1) is 21.3. The summed E-state index contributed by atoms with van der Waals surface area (Å²) in [5, 5.41) is 11.7. The molecule has 148 valence electrons. The molecule has 0 aliphatic carbocycles. The number of hydrogen-bond donors (Lipinski definition) is 1. The zero-order valence-corrected chi connectivity index (χ0v) is 16.2. The Balaban J connectivity index is 2.12. The van der Waals surface area contributed by atoms with E-state index in [2.05, 4.69) is 11.4 Å². The topological polar surface area (TPSA) is 59.4 Å². The predicted molar refractivity (Wildman–Crippen MR) is 103 cm³/mol. The minimum Gasteiger partial charge on any atom is -0.331 e. The molecule has 2 amide bonds. The van der Waals surface area contributed by atoms with Gasteiger partial charge in [-0.2, -0.15) is 5.26 Å². The SMILES string of the molecule is CC(NC(=O)N(CCN(C)C)Cc1ccc(C#N)cc1)c1ccc(F)cc1F. The molecule has 0 fully saturated rings. The zero-order valence-electron chi connectivity index (χ0n) is 16.2. The maximum Gasteiger partial charge on any atom is 0.318 e. The monoisotopic (exact) mass is 386 g/mol. The van der Waals surface area contributed by atoms with Crippen molar-refractivity contribution in [3.05, 3.63) is 70.8 Å². The van der Waals surface area contributed by atoms with E-state index in [0.717, 1.165) is 11.6 Å². The lowest BCUT2D eigenvalue weighted by atomic mass is 10.1. The molecule has 0 radical (unpaired) electrons. The van der Waals surface area contributed by atoms with Crippen molar-refractivity contribution >= 4 is 6.03 Å². The van der Waals surface area contributed by atoms with Crippen molar-refractivity contribution in [2.45, 2.75) is 19.5 Å². The fourth-order valence-corrected chi connectivity index (χ4v) is 2.69. The number of carbonyl (C=O) groups excluding carboxylic acids is 1. The van der Waals surface area contributed by atoms with Crippen LogP contribution in [0.4, 0.5) is 13.6 Å². The van der Waals surface area contributed by atoms with Crippen LogP contribution in [0.5, 0.6) is 0 Å². The van der Waals surface area contributed by atoms with E-state index in [9.17, 15) is 13.6 Å². The average molecular weight is 386 g/mol. The van der Waals surface area contributed by atoms with Gasteiger partial charge in [0.15, 0.2) is 0 Å². The molecule has 2 rings (SSSR count). The Morgan fingerprint density at radius 1 is 1.14 bits per heavy atom. The van der Waals surface area contributed by atoms with E-state index in [0.29, 0.717) is 25.2 Å². The Morgan fingerprint density at radius 2 is 1.82 bits per heavy atom. The van der Waals surface area contributed by atoms with Gasteiger partial charge in [-0.3, -0.25) is 0 Å². The van der Waals surface area contributed by atoms with Crippen molar-refractivity contribution in [2.75, 3.05) is 27.2 Å². The standard InChI is InChI=1S/C21H24F2N4O/c1-15(19-9-8-18(22)12-20(19)23)25-21(28)27(11-10-26(2)3)14-17-6-4-16(13-24)5-7-17/h4-9,12,15H,10-11,14H2,1-3H3,(H,25,28). The molecule has 7 heteroatoms. The quantitative estimate of drug-likeness (QED) is 0.790. The van der Waals surface area contributed by atoms with Gasteiger partial charge in [-0.05, 0) is 44.8 Å². The van der Waals surface area contributed by atoms with Gasteiger partial charge in [0.1, 0.15) is 11.6 Å². The second-order valence-corrected chi connectivity index (χ2v) is 6.87. The summed E-state index contributed by atoms with van der Waals surface area (Å²) < 4.78 is 27.1. The zero-order chi connectivity index (χ0) is 20.7. The molecule has 0 saturated carbocycles. The first-order chi connectivity index (χ1) is 13.3. The summed E-state index contributed by atoms with van der Waals surface area (Å²) in [4.78, 5) is 16.4. The van der Waals surface area contributed by atoms with Crippen LogP contribution in [0.25, 0.3) is 0 Å². The molecule has 0 heterocycles. The number of likely N-dealkylation sites (N-methyl/N-ethyl adjacent to an activating group) is 1. The molecule has 2 aromatic carbocycles. The molecule has 0 aliphatic rings. The van der Waals surface area contributed by atoms with Crippen molar-refractivity contribution < 1.29 is 13.6 Å². The van der Waals surface area contributed by atoms with Crippen LogP contribution in [0.3, 0.4) is 0 Å². The number of benzene rings is 2. The summed E-state index contributed by atoms with van der Waals surface area (Å²) in [5.41, 5.74) is 1.66. The van der Waals surface area contributed by atoms with Crippen LogP contribution in [0.1, 0.15) is 29.7 Å². The number of rotatable bonds is 7. The van der Waals surface area contributed by atoms with E-state index >= 15 is 0 Å². The molecule has 2 aromatic rings. The van der Waals surface area contributed by atoms with E-state index in [1.807, 2.05) is 19.0 Å². The average Bonchev–Trinajstić information content (AvgIpc) is 2.65. The van der Waals surface area contributed by atoms with Gasteiger partial charge < -0.3 is 15.1 Å². The number of hydrogen-bond acceptors (Lipinski definition) is 3. The van der Waals surface area contributed by atoms with E-state index in [1.54, 1.807) is 36.1 Å². The molecule has 0 bridgehead atoms. The summed E-state index contributed by atoms with van der Waals surface area (Å²) in [6.45, 7) is 3.13. The molecule has 28 heavy (non-hydrogen) atoms. The molecule has 0 aliphatic heterocycles. The summed E-state index contributed by atoms with van der Waals surface area (Å²) in [6.07, 6.45) is 0. The Morgan fingerprint density at radius 3 is 2.39 bits per heavy atom. The fourth-order valence-electron chi connectivity index (χ4n) is 2.69. The van der Waals surface area contributed by atoms with Gasteiger partial charge in [0.25, 0.3) is 0 Å². The lowest BCUT2D eigenvalue weighted by molar-refractivity contribution is 0.185. The molecule has 5 nitrogen and oxygen atoms in total. The van der Waals surface area contributed by atoms with E-state index in [1.165, 1.54) is 12.1 Å². The number of halogens is 2. The van der Waals surface area contributed by atoms with Crippen molar-refractivity contribution in [1.29, 1.82) is 5.26 Å². The van der Waals surface area contributed by atoms with Crippen molar-refractivity contribution in [2.24, 2.45) is 0 Å². The van der Waals surface area contributed by atoms with E-state index in [-0.39, 0.29) is 11.6 Å². The van der Waals surface area contributed by atoms with Crippen molar-refractivity contribution in [3.8, 4) is 6.07 Å². The minimum atomic E-state index is -0.695. The third-order valence-electron chi connectivity index (χ3n) is 4.33. The smallest absolute Gasteiger partial charge is 0.318 e. The van der Waals surface area contributed by atoms with E-state index < -0.39 is 17.7 Å². The largest absolute Gasteiger partial charge is 0.331 e. The van der Waals surface area contributed by atoms with Gasteiger partial charge in [-0.15, -0.1) is 0 Å². The number of nitrogens with one attached hydrogen (secondary N) is 1. The van der Waals surface area contributed by atoms with Crippen LogP contribution in [-0.2, 0) is 6.54 Å². The number of carbonyl (C=O) groups is 1. The summed E-state index contributed by atoms with van der Waals surface area (Å²) >= 11 is 0. The molecular formula is C21H24F2N4O. The molecule has 1 atom stereocenters. The van der Waals surface area contributed by atoms with Crippen LogP contribution in [0, 0.1) is 23.0 Å². The lowest BCUT2D eigenvalue weighted by Crippen LogP contribution is -2.43. The predicted octanol–water partition coefficient (Wildman–Crippen LogP) is 3.67. The first-order valence-corrected chi connectivity index (χ1v) is 8.94.